The van der Waals surface area contributed by atoms with Crippen molar-refractivity contribution in [2.75, 3.05) is 7.11 Å². The van der Waals surface area contributed by atoms with Crippen LogP contribution in [0.1, 0.15) is 33.6 Å². The van der Waals surface area contributed by atoms with Crippen LogP contribution in [0.25, 0.3) is 0 Å². The van der Waals surface area contributed by atoms with Crippen LogP contribution in [0.3, 0.4) is 0 Å². The topological polar surface area (TPSA) is 29.5 Å². The van der Waals surface area contributed by atoms with E-state index in [2.05, 4.69) is 37.6 Å². The molecular weight excluding hydrogens is 353 g/mol. The Balaban J connectivity index is 0. The largest absolute Gasteiger partial charge is 0.506 e. The van der Waals surface area contributed by atoms with Crippen molar-refractivity contribution < 1.29 is 23.0 Å². The van der Waals surface area contributed by atoms with Gasteiger partial charge in [0.2, 0.25) is 0 Å². The minimum atomic E-state index is -1.17. The van der Waals surface area contributed by atoms with Gasteiger partial charge >= 0.3 is 0 Å². The third-order valence-electron chi connectivity index (χ3n) is 3.81. The van der Waals surface area contributed by atoms with Crippen LogP contribution < -0.4 is 0 Å². The molecule has 2 nitrogen and oxygen atoms in total. The van der Waals surface area contributed by atoms with E-state index in [1.807, 2.05) is 13.8 Å². The highest BCUT2D eigenvalue weighted by atomic mass is 19.2. The normalized spacial score (nSPS) is 14.0. The summed E-state index contributed by atoms with van der Waals surface area (Å²) < 4.78 is 45.5. The summed E-state index contributed by atoms with van der Waals surface area (Å²) in [5.41, 5.74) is 0.476. The van der Waals surface area contributed by atoms with Crippen LogP contribution in [-0.4, -0.2) is 12.2 Å². The zero-order valence-electron chi connectivity index (χ0n) is 16.7. The molecule has 2 atom stereocenters. The van der Waals surface area contributed by atoms with Crippen LogP contribution in [0.4, 0.5) is 13.2 Å². The number of aliphatic hydroxyl groups is 1. The lowest BCUT2D eigenvalue weighted by molar-refractivity contribution is 0.280. The second kappa shape index (κ2) is 13.7. The number of aliphatic hydroxyl groups excluding tert-OH is 1. The molecule has 0 aliphatic rings. The number of rotatable bonds is 10. The smallest absolute Gasteiger partial charge is 0.200 e. The highest BCUT2D eigenvalue weighted by Gasteiger charge is 2.19. The minimum Gasteiger partial charge on any atom is -0.506 e. The van der Waals surface area contributed by atoms with Gasteiger partial charge in [0, 0.05) is 0 Å². The van der Waals surface area contributed by atoms with Crippen molar-refractivity contribution in [3.05, 3.63) is 85.2 Å². The van der Waals surface area contributed by atoms with E-state index in [1.165, 1.54) is 7.11 Å². The van der Waals surface area contributed by atoms with Crippen molar-refractivity contribution in [2.24, 2.45) is 11.8 Å². The molecule has 0 rings (SSSR count). The van der Waals surface area contributed by atoms with Crippen molar-refractivity contribution in [1.29, 1.82) is 0 Å². The maximum absolute atomic E-state index is 14.0. The van der Waals surface area contributed by atoms with E-state index >= 15 is 0 Å². The lowest BCUT2D eigenvalue weighted by atomic mass is 9.89. The van der Waals surface area contributed by atoms with Gasteiger partial charge in [0.15, 0.2) is 17.5 Å². The van der Waals surface area contributed by atoms with Gasteiger partial charge in [-0.25, -0.2) is 8.78 Å². The first-order valence-corrected chi connectivity index (χ1v) is 8.43. The summed E-state index contributed by atoms with van der Waals surface area (Å²) in [5.74, 6) is -4.60. The number of halogens is 3. The van der Waals surface area contributed by atoms with Crippen LogP contribution in [-0.2, 0) is 4.74 Å². The lowest BCUT2D eigenvalue weighted by Gasteiger charge is -2.18. The molecule has 27 heavy (non-hydrogen) atoms. The van der Waals surface area contributed by atoms with Crippen LogP contribution in [0, 0.1) is 11.8 Å². The molecule has 0 aliphatic heterocycles. The summed E-state index contributed by atoms with van der Waals surface area (Å²) in [7, 11) is 1.20. The van der Waals surface area contributed by atoms with Gasteiger partial charge in [0.25, 0.3) is 0 Å². The monoisotopic (exact) mass is 384 g/mol. The van der Waals surface area contributed by atoms with E-state index in [0.717, 1.165) is 6.08 Å². The van der Waals surface area contributed by atoms with Gasteiger partial charge in [-0.2, -0.15) is 4.39 Å². The first-order chi connectivity index (χ1) is 12.4. The molecule has 0 amide bonds. The van der Waals surface area contributed by atoms with Crippen LogP contribution in [0.2, 0.25) is 0 Å². The molecule has 0 aromatic heterocycles. The molecule has 2 unspecified atom stereocenters. The molecule has 0 bridgehead atoms. The molecule has 152 valence electrons. The second-order valence-electron chi connectivity index (χ2n) is 6.08. The van der Waals surface area contributed by atoms with Gasteiger partial charge in [-0.3, -0.25) is 0 Å². The Labute approximate surface area is 161 Å². The molecule has 0 fully saturated rings. The molecule has 0 aromatic carbocycles. The second-order valence-corrected chi connectivity index (χ2v) is 6.08. The summed E-state index contributed by atoms with van der Waals surface area (Å²) in [4.78, 5) is 0. The van der Waals surface area contributed by atoms with Crippen molar-refractivity contribution in [2.45, 2.75) is 33.6 Å². The Morgan fingerprint density at radius 1 is 1.00 bits per heavy atom. The summed E-state index contributed by atoms with van der Waals surface area (Å²) >= 11 is 0. The Morgan fingerprint density at radius 2 is 1.44 bits per heavy atom. The zero-order chi connectivity index (χ0) is 21.7. The lowest BCUT2D eigenvalue weighted by Crippen LogP contribution is -2.05. The molecule has 0 saturated heterocycles. The third-order valence-corrected chi connectivity index (χ3v) is 3.81. The average molecular weight is 384 g/mol. The quantitative estimate of drug-likeness (QED) is 0.239. The van der Waals surface area contributed by atoms with Crippen LogP contribution >= 0.6 is 0 Å². The van der Waals surface area contributed by atoms with E-state index in [-0.39, 0.29) is 17.4 Å². The maximum atomic E-state index is 14.0. The van der Waals surface area contributed by atoms with E-state index in [4.69, 9.17) is 5.11 Å². The first kappa shape index (κ1) is 26.8. The fourth-order valence-corrected chi connectivity index (χ4v) is 1.82. The van der Waals surface area contributed by atoms with Crippen LogP contribution in [0.5, 0.6) is 0 Å². The Hall–Kier alpha value is -2.43. The van der Waals surface area contributed by atoms with Gasteiger partial charge in [-0.05, 0) is 48.8 Å². The van der Waals surface area contributed by atoms with Crippen molar-refractivity contribution in [3.8, 4) is 0 Å². The minimum absolute atomic E-state index is 0.00831. The van der Waals surface area contributed by atoms with E-state index in [0.29, 0.717) is 18.4 Å². The van der Waals surface area contributed by atoms with Crippen molar-refractivity contribution in [3.63, 3.8) is 0 Å². The van der Waals surface area contributed by atoms with Gasteiger partial charge in [-0.1, -0.05) is 46.2 Å². The molecule has 0 saturated carbocycles. The highest BCUT2D eigenvalue weighted by molar-refractivity contribution is 5.33. The summed E-state index contributed by atoms with van der Waals surface area (Å²) in [5, 5.41) is 8.93. The highest BCUT2D eigenvalue weighted by Crippen LogP contribution is 2.31. The van der Waals surface area contributed by atoms with Crippen molar-refractivity contribution >= 4 is 0 Å². The molecule has 0 radical (unpaired) electrons. The zero-order valence-corrected chi connectivity index (χ0v) is 16.7. The molecule has 0 spiro atoms. The average Bonchev–Trinajstić information content (AvgIpc) is 2.63. The number of hydrogen-bond acceptors (Lipinski definition) is 2. The van der Waals surface area contributed by atoms with E-state index in [1.54, 1.807) is 13.0 Å². The number of ether oxygens (including phenoxy) is 1. The van der Waals surface area contributed by atoms with E-state index < -0.39 is 29.0 Å². The van der Waals surface area contributed by atoms with Gasteiger partial charge in [0.05, 0.1) is 7.11 Å². The predicted molar refractivity (Wildman–Crippen MR) is 108 cm³/mol. The summed E-state index contributed by atoms with van der Waals surface area (Å²) in [6.07, 6.45) is 3.91. The Bertz CT molecular complexity index is 627. The van der Waals surface area contributed by atoms with Crippen molar-refractivity contribution in [1.82, 2.24) is 0 Å². The Morgan fingerprint density at radius 3 is 1.85 bits per heavy atom. The molecule has 1 N–H and O–H groups in total. The fraction of sp³-hybridized carbons (Fsp3) is 0.364. The Kier molecular flexibility index (Phi) is 13.6. The molecular formula is C22H31F3O2. The molecule has 0 aromatic rings. The molecule has 5 heteroatoms. The molecule has 0 heterocycles. The summed E-state index contributed by atoms with van der Waals surface area (Å²) in [6, 6.07) is 0. The van der Waals surface area contributed by atoms with Crippen LogP contribution in [0.15, 0.2) is 85.2 Å². The standard InChI is InChI=1S/C19H25F3O2.C3H6/c1-11(13(3)10-17(20)15(5)23)8-9-12(2)14(4)18(21)19(22)16(6)24-7;1-3-2/h10-12,23H,3-6,8-9H2,1-2,7H3;3H,1H2,2H3/b17-10+,19-18-;. The third kappa shape index (κ3) is 10.3. The first-order valence-electron chi connectivity index (χ1n) is 8.43. The number of methoxy groups -OCH3 is 1. The SMILES string of the molecule is C=C(OC)/C(F)=C(/F)C(=C)C(C)CCC(C)C(=C)/C=C(/F)C(=C)O.C=CC. The fourth-order valence-electron chi connectivity index (χ4n) is 1.82. The maximum Gasteiger partial charge on any atom is 0.200 e. The van der Waals surface area contributed by atoms with E-state index in [9.17, 15) is 13.2 Å². The predicted octanol–water partition coefficient (Wildman–Crippen LogP) is 7.58. The van der Waals surface area contributed by atoms with Gasteiger partial charge in [-0.15, -0.1) is 6.58 Å². The number of allylic oxidation sites excluding steroid dienone is 7. The van der Waals surface area contributed by atoms with Gasteiger partial charge in [0.1, 0.15) is 11.5 Å². The number of hydrogen-bond donors (Lipinski definition) is 1. The summed E-state index contributed by atoms with van der Waals surface area (Å²) in [6.45, 7) is 22.4. The molecule has 0 aliphatic carbocycles. The van der Waals surface area contributed by atoms with Gasteiger partial charge < -0.3 is 9.84 Å².